The maximum absolute atomic E-state index is 13.2. The van der Waals surface area contributed by atoms with Crippen LogP contribution in [0.3, 0.4) is 0 Å². The first-order valence-corrected chi connectivity index (χ1v) is 11.6. The van der Waals surface area contributed by atoms with E-state index < -0.39 is 17.8 Å². The first-order valence-electron chi connectivity index (χ1n) is 10.7. The molecule has 2 aliphatic carbocycles. The number of rotatable bonds is 5. The van der Waals surface area contributed by atoms with Crippen LogP contribution in [0.25, 0.3) is 0 Å². The van der Waals surface area contributed by atoms with E-state index in [2.05, 4.69) is 10.6 Å². The Balaban J connectivity index is 1.63. The molecule has 2 aromatic rings. The number of amides is 2. The quantitative estimate of drug-likeness (QED) is 0.458. The number of nitrogens with one attached hydrogen (secondary N) is 2. The molecule has 3 N–H and O–H groups in total. The Labute approximate surface area is 185 Å². The van der Waals surface area contributed by atoms with E-state index >= 15 is 0 Å². The number of thiophene rings is 1. The van der Waals surface area contributed by atoms with E-state index in [4.69, 9.17) is 0 Å². The second-order valence-corrected chi connectivity index (χ2v) is 9.18. The van der Waals surface area contributed by atoms with Crippen molar-refractivity contribution in [1.29, 1.82) is 0 Å². The summed E-state index contributed by atoms with van der Waals surface area (Å²) in [5.41, 5.74) is 2.24. The van der Waals surface area contributed by atoms with Gasteiger partial charge in [0.1, 0.15) is 5.00 Å². The fraction of sp³-hybridized carbons (Fsp3) is 0.375. The van der Waals surface area contributed by atoms with Crippen molar-refractivity contribution in [2.45, 2.75) is 44.9 Å². The topological polar surface area (TPSA) is 95.5 Å². The van der Waals surface area contributed by atoms with Crippen LogP contribution in [0.2, 0.25) is 0 Å². The summed E-state index contributed by atoms with van der Waals surface area (Å²) in [6, 6.07) is 9.25. The average Bonchev–Trinajstić information content (AvgIpc) is 2.94. The molecule has 0 bridgehead atoms. The van der Waals surface area contributed by atoms with Gasteiger partial charge in [-0.3, -0.25) is 14.4 Å². The molecular formula is C24H26N2O4S. The van der Waals surface area contributed by atoms with E-state index in [-0.39, 0.29) is 11.8 Å². The number of hydrogen-bond donors (Lipinski definition) is 3. The molecule has 2 atom stereocenters. The lowest BCUT2D eigenvalue weighted by atomic mass is 9.82. The Hall–Kier alpha value is -2.93. The zero-order chi connectivity index (χ0) is 21.8. The molecule has 0 aliphatic heterocycles. The summed E-state index contributed by atoms with van der Waals surface area (Å²) < 4.78 is 0. The number of carbonyl (C=O) groups excluding carboxylic acids is 2. The van der Waals surface area contributed by atoms with Crippen LogP contribution >= 0.6 is 11.3 Å². The van der Waals surface area contributed by atoms with Crippen molar-refractivity contribution >= 4 is 39.8 Å². The van der Waals surface area contributed by atoms with E-state index in [1.54, 1.807) is 0 Å². The summed E-state index contributed by atoms with van der Waals surface area (Å²) in [5.74, 6) is -2.92. The van der Waals surface area contributed by atoms with Gasteiger partial charge in [-0.15, -0.1) is 11.3 Å². The summed E-state index contributed by atoms with van der Waals surface area (Å²) >= 11 is 1.46. The van der Waals surface area contributed by atoms with Crippen LogP contribution in [0, 0.1) is 11.8 Å². The maximum Gasteiger partial charge on any atom is 0.307 e. The predicted octanol–water partition coefficient (Wildman–Crippen LogP) is 4.87. The number of hydrogen-bond acceptors (Lipinski definition) is 4. The van der Waals surface area contributed by atoms with Crippen molar-refractivity contribution in [2.24, 2.45) is 11.8 Å². The molecule has 1 aromatic carbocycles. The van der Waals surface area contributed by atoms with Gasteiger partial charge in [0, 0.05) is 10.6 Å². The number of carboxylic acids is 1. The van der Waals surface area contributed by atoms with Gasteiger partial charge in [0.2, 0.25) is 5.91 Å². The Morgan fingerprint density at radius 3 is 2.35 bits per heavy atom. The molecule has 31 heavy (non-hydrogen) atoms. The highest BCUT2D eigenvalue weighted by molar-refractivity contribution is 7.17. The third-order valence-electron chi connectivity index (χ3n) is 6.00. The van der Waals surface area contributed by atoms with Crippen molar-refractivity contribution in [3.8, 4) is 0 Å². The van der Waals surface area contributed by atoms with Crippen molar-refractivity contribution < 1.29 is 19.5 Å². The standard InChI is InChI=1S/C24H26N2O4S/c27-21(16-11-7-8-12-17(16)24(29)30)26-23-20(18-13-5-2-6-14-19(18)31-23)22(28)25-15-9-3-1-4-10-15/h1,3-4,7-10,16-17H,2,5-6,11-14H2,(H,25,28)(H,26,27)(H,29,30)/t16-,17+/m0/s1. The monoisotopic (exact) mass is 438 g/mol. The second-order valence-electron chi connectivity index (χ2n) is 8.07. The molecular weight excluding hydrogens is 412 g/mol. The van der Waals surface area contributed by atoms with Gasteiger partial charge in [-0.1, -0.05) is 36.8 Å². The number of benzene rings is 1. The zero-order valence-corrected chi connectivity index (χ0v) is 18.0. The molecule has 6 nitrogen and oxygen atoms in total. The summed E-state index contributed by atoms with van der Waals surface area (Å²) in [6.07, 6.45) is 9.30. The molecule has 0 fully saturated rings. The molecule has 162 valence electrons. The smallest absolute Gasteiger partial charge is 0.307 e. The van der Waals surface area contributed by atoms with Gasteiger partial charge in [-0.05, 0) is 56.2 Å². The number of carboxylic acid groups (broad SMARTS) is 1. The third kappa shape index (κ3) is 4.71. The Bertz CT molecular complexity index is 1010. The summed E-state index contributed by atoms with van der Waals surface area (Å²) in [7, 11) is 0. The largest absolute Gasteiger partial charge is 0.481 e. The first-order chi connectivity index (χ1) is 15.0. The molecule has 4 rings (SSSR count). The van der Waals surface area contributed by atoms with Gasteiger partial charge in [0.25, 0.3) is 5.91 Å². The zero-order valence-electron chi connectivity index (χ0n) is 17.2. The first kappa shape index (κ1) is 21.3. The van der Waals surface area contributed by atoms with Gasteiger partial charge in [0.05, 0.1) is 17.4 Å². The van der Waals surface area contributed by atoms with Crippen LogP contribution in [0.5, 0.6) is 0 Å². The number of carbonyl (C=O) groups is 3. The third-order valence-corrected chi connectivity index (χ3v) is 7.21. The molecule has 7 heteroatoms. The minimum absolute atomic E-state index is 0.237. The lowest BCUT2D eigenvalue weighted by Crippen LogP contribution is -2.35. The average molecular weight is 439 g/mol. The number of allylic oxidation sites excluding steroid dienone is 2. The second kappa shape index (κ2) is 9.47. The van der Waals surface area contributed by atoms with E-state index in [9.17, 15) is 19.5 Å². The van der Waals surface area contributed by atoms with Crippen LogP contribution in [-0.4, -0.2) is 22.9 Å². The van der Waals surface area contributed by atoms with Gasteiger partial charge in [0.15, 0.2) is 0 Å². The Kier molecular flexibility index (Phi) is 6.51. The van der Waals surface area contributed by atoms with E-state index in [0.717, 1.165) is 42.5 Å². The molecule has 0 spiro atoms. The molecule has 0 saturated carbocycles. The van der Waals surface area contributed by atoms with Gasteiger partial charge < -0.3 is 15.7 Å². The van der Waals surface area contributed by atoms with Crippen molar-refractivity contribution in [3.05, 3.63) is 58.5 Å². The SMILES string of the molecule is O=C(Nc1ccccc1)c1c(NC(=O)[C@H]2CC=CC[C@H]2C(=O)O)sc2c1CCCCC2. The van der Waals surface area contributed by atoms with Crippen LogP contribution in [0.4, 0.5) is 10.7 Å². The van der Waals surface area contributed by atoms with Crippen LogP contribution in [0.15, 0.2) is 42.5 Å². The fourth-order valence-corrected chi connectivity index (χ4v) is 5.66. The fourth-order valence-electron chi connectivity index (χ4n) is 4.37. The number of fused-ring (bicyclic) bond motifs is 1. The van der Waals surface area contributed by atoms with Crippen LogP contribution < -0.4 is 10.6 Å². The molecule has 2 amide bonds. The highest BCUT2D eigenvalue weighted by Gasteiger charge is 2.35. The molecule has 0 saturated heterocycles. The van der Waals surface area contributed by atoms with Gasteiger partial charge in [-0.2, -0.15) is 0 Å². The lowest BCUT2D eigenvalue weighted by molar-refractivity contribution is -0.146. The molecule has 0 radical (unpaired) electrons. The summed E-state index contributed by atoms with van der Waals surface area (Å²) in [5, 5.41) is 15.9. The molecule has 1 aromatic heterocycles. The number of aryl methyl sites for hydroxylation is 1. The molecule has 1 heterocycles. The van der Waals surface area contributed by atoms with Crippen LogP contribution in [-0.2, 0) is 22.4 Å². The van der Waals surface area contributed by atoms with Crippen molar-refractivity contribution in [3.63, 3.8) is 0 Å². The number of para-hydroxylation sites is 1. The maximum atomic E-state index is 13.2. The summed E-state index contributed by atoms with van der Waals surface area (Å²) in [6.45, 7) is 0. The van der Waals surface area contributed by atoms with Gasteiger partial charge >= 0.3 is 5.97 Å². The molecule has 2 aliphatic rings. The highest BCUT2D eigenvalue weighted by atomic mass is 32.1. The number of aliphatic carboxylic acids is 1. The normalized spacial score (nSPS) is 20.4. The predicted molar refractivity (Wildman–Crippen MR) is 122 cm³/mol. The minimum Gasteiger partial charge on any atom is -0.481 e. The van der Waals surface area contributed by atoms with Crippen molar-refractivity contribution in [1.82, 2.24) is 0 Å². The van der Waals surface area contributed by atoms with Crippen LogP contribution in [0.1, 0.15) is 52.9 Å². The van der Waals surface area contributed by atoms with Gasteiger partial charge in [-0.25, -0.2) is 0 Å². The summed E-state index contributed by atoms with van der Waals surface area (Å²) in [4.78, 5) is 39.1. The van der Waals surface area contributed by atoms with E-state index in [1.807, 2.05) is 42.5 Å². The highest BCUT2D eigenvalue weighted by Crippen LogP contribution is 2.39. The van der Waals surface area contributed by atoms with E-state index in [1.165, 1.54) is 11.3 Å². The van der Waals surface area contributed by atoms with Crippen molar-refractivity contribution in [2.75, 3.05) is 10.6 Å². The number of anilines is 2. The minimum atomic E-state index is -0.964. The van der Waals surface area contributed by atoms with E-state index in [0.29, 0.717) is 29.1 Å². The lowest BCUT2D eigenvalue weighted by Gasteiger charge is -2.24. The molecule has 0 unspecified atom stereocenters. The Morgan fingerprint density at radius 1 is 0.903 bits per heavy atom. The Morgan fingerprint density at radius 2 is 1.61 bits per heavy atom.